The average molecular weight is 365 g/mol. The number of nitro groups is 1. The van der Waals surface area contributed by atoms with Crippen LogP contribution >= 0.6 is 0 Å². The minimum absolute atomic E-state index is 0.134. The number of nitro benzene ring substituents is 1. The van der Waals surface area contributed by atoms with Crippen LogP contribution in [0.1, 0.15) is 49.2 Å². The summed E-state index contributed by atoms with van der Waals surface area (Å²) in [6, 6.07) is 7.16. The quantitative estimate of drug-likeness (QED) is 0.512. The molecule has 2 fully saturated rings. The van der Waals surface area contributed by atoms with Crippen molar-refractivity contribution in [2.24, 2.45) is 0 Å². The third-order valence-corrected chi connectivity index (χ3v) is 5.50. The number of aromatic nitrogens is 3. The van der Waals surface area contributed by atoms with Gasteiger partial charge in [-0.2, -0.15) is 4.98 Å². The van der Waals surface area contributed by atoms with Crippen molar-refractivity contribution >= 4 is 22.3 Å². The van der Waals surface area contributed by atoms with Crippen molar-refractivity contribution < 1.29 is 9.45 Å². The first-order valence-corrected chi connectivity index (χ1v) is 9.31. The zero-order valence-corrected chi connectivity index (χ0v) is 14.7. The molecule has 2 aliphatic rings. The lowest BCUT2D eigenvalue weighted by Crippen LogP contribution is -2.33. The second kappa shape index (κ2) is 6.29. The van der Waals surface area contributed by atoms with Crippen LogP contribution in [0.2, 0.25) is 0 Å². The fraction of sp³-hybridized carbons (Fsp3) is 0.421. The molecule has 0 bridgehead atoms. The number of pyridine rings is 1. The van der Waals surface area contributed by atoms with Gasteiger partial charge in [0, 0.05) is 31.1 Å². The number of nitrogens with zero attached hydrogens (tertiary/aromatic N) is 5. The lowest BCUT2D eigenvalue weighted by atomic mass is 9.95. The van der Waals surface area contributed by atoms with Gasteiger partial charge in [-0.15, -0.1) is 0 Å². The summed E-state index contributed by atoms with van der Waals surface area (Å²) in [6.07, 6.45) is 5.64. The summed E-state index contributed by atoms with van der Waals surface area (Å²) in [5.41, 5.74) is 1.43. The van der Waals surface area contributed by atoms with Crippen LogP contribution in [-0.4, -0.2) is 33.1 Å². The smallest absolute Gasteiger partial charge is 0.301 e. The molecule has 0 N–H and O–H groups in total. The fourth-order valence-corrected chi connectivity index (χ4v) is 3.86. The summed E-state index contributed by atoms with van der Waals surface area (Å²) in [5.74, 6) is 2.26. The number of anilines is 1. The van der Waals surface area contributed by atoms with Gasteiger partial charge in [0.2, 0.25) is 5.89 Å². The Hall–Kier alpha value is -3.03. The number of piperidine rings is 1. The number of rotatable bonds is 4. The summed E-state index contributed by atoms with van der Waals surface area (Å²) in [6.45, 7) is 1.45. The van der Waals surface area contributed by atoms with Crippen LogP contribution in [0.5, 0.6) is 0 Å². The maximum absolute atomic E-state index is 11.8. The second-order valence-corrected chi connectivity index (χ2v) is 7.29. The molecule has 1 aliphatic heterocycles. The molecule has 27 heavy (non-hydrogen) atoms. The van der Waals surface area contributed by atoms with Gasteiger partial charge in [0.1, 0.15) is 5.69 Å². The van der Waals surface area contributed by atoms with E-state index >= 15 is 0 Å². The Labute approximate surface area is 155 Å². The van der Waals surface area contributed by atoms with Gasteiger partial charge >= 0.3 is 5.69 Å². The van der Waals surface area contributed by atoms with E-state index in [0.29, 0.717) is 22.5 Å². The van der Waals surface area contributed by atoms with E-state index in [2.05, 4.69) is 20.0 Å². The Morgan fingerprint density at radius 3 is 2.67 bits per heavy atom. The predicted molar refractivity (Wildman–Crippen MR) is 98.9 cm³/mol. The first kappa shape index (κ1) is 16.2. The number of fused-ring (bicyclic) bond motifs is 1. The van der Waals surface area contributed by atoms with Crippen molar-refractivity contribution in [3.05, 3.63) is 52.3 Å². The Kier molecular flexibility index (Phi) is 3.77. The molecule has 138 valence electrons. The maximum Gasteiger partial charge on any atom is 0.301 e. The van der Waals surface area contributed by atoms with Crippen LogP contribution in [0.15, 0.2) is 35.0 Å². The molecule has 0 spiro atoms. The molecular formula is C19H19N5O3. The Morgan fingerprint density at radius 1 is 1.11 bits per heavy atom. The highest BCUT2D eigenvalue weighted by atomic mass is 16.6. The summed E-state index contributed by atoms with van der Waals surface area (Å²) in [4.78, 5) is 22.3. The van der Waals surface area contributed by atoms with Crippen LogP contribution in [0.25, 0.3) is 10.9 Å². The molecule has 3 aromatic rings. The minimum atomic E-state index is -0.299. The summed E-state index contributed by atoms with van der Waals surface area (Å²) >= 11 is 0. The van der Waals surface area contributed by atoms with Crippen molar-refractivity contribution in [1.82, 2.24) is 15.1 Å². The fourth-order valence-electron chi connectivity index (χ4n) is 3.86. The first-order chi connectivity index (χ1) is 13.2. The Morgan fingerprint density at radius 2 is 1.93 bits per heavy atom. The summed E-state index contributed by atoms with van der Waals surface area (Å²) < 4.78 is 5.38. The highest BCUT2D eigenvalue weighted by Gasteiger charge is 2.33. The molecule has 1 saturated heterocycles. The van der Waals surface area contributed by atoms with Gasteiger partial charge < -0.3 is 9.42 Å². The van der Waals surface area contributed by atoms with E-state index in [-0.39, 0.29) is 16.5 Å². The topological polar surface area (TPSA) is 98.2 Å². The highest BCUT2D eigenvalue weighted by Crippen LogP contribution is 2.41. The first-order valence-electron chi connectivity index (χ1n) is 9.31. The molecule has 3 heterocycles. The van der Waals surface area contributed by atoms with E-state index in [1.165, 1.54) is 0 Å². The lowest BCUT2D eigenvalue weighted by Gasteiger charge is -2.32. The van der Waals surface area contributed by atoms with Crippen LogP contribution in [0, 0.1) is 10.1 Å². The zero-order chi connectivity index (χ0) is 18.4. The third-order valence-electron chi connectivity index (χ3n) is 5.50. The van der Waals surface area contributed by atoms with Crippen molar-refractivity contribution in [2.75, 3.05) is 18.0 Å². The van der Waals surface area contributed by atoms with Crippen molar-refractivity contribution in [3.8, 4) is 0 Å². The summed E-state index contributed by atoms with van der Waals surface area (Å²) in [5, 5.41) is 16.5. The minimum Gasteiger partial charge on any atom is -0.366 e. The molecule has 8 heteroatoms. The normalized spacial score (nSPS) is 18.1. The maximum atomic E-state index is 11.8. The van der Waals surface area contributed by atoms with Gasteiger partial charge in [-0.05, 0) is 49.9 Å². The monoisotopic (exact) mass is 365 g/mol. The molecule has 0 atom stereocenters. The van der Waals surface area contributed by atoms with Crippen LogP contribution in [0.3, 0.4) is 0 Å². The second-order valence-electron chi connectivity index (χ2n) is 7.29. The lowest BCUT2D eigenvalue weighted by molar-refractivity contribution is -0.382. The van der Waals surface area contributed by atoms with Crippen molar-refractivity contribution in [2.45, 2.75) is 37.5 Å². The molecular weight excluding hydrogens is 346 g/mol. The third kappa shape index (κ3) is 2.90. The van der Waals surface area contributed by atoms with Gasteiger partial charge in [0.05, 0.1) is 15.8 Å². The van der Waals surface area contributed by atoms with Gasteiger partial charge in [0.15, 0.2) is 5.82 Å². The number of hydrogen-bond acceptors (Lipinski definition) is 7. The van der Waals surface area contributed by atoms with Gasteiger partial charge in [-0.1, -0.05) is 5.16 Å². The van der Waals surface area contributed by atoms with E-state index in [1.807, 2.05) is 12.1 Å². The number of benzene rings is 1. The highest BCUT2D eigenvalue weighted by molar-refractivity contribution is 5.94. The van der Waals surface area contributed by atoms with Crippen LogP contribution in [-0.2, 0) is 0 Å². The van der Waals surface area contributed by atoms with Crippen molar-refractivity contribution in [1.29, 1.82) is 0 Å². The summed E-state index contributed by atoms with van der Waals surface area (Å²) in [7, 11) is 0. The average Bonchev–Trinajstić information content (AvgIpc) is 3.44. The molecule has 1 aromatic carbocycles. The van der Waals surface area contributed by atoms with Crippen LogP contribution in [0.4, 0.5) is 11.4 Å². The van der Waals surface area contributed by atoms with E-state index in [0.717, 1.165) is 50.5 Å². The van der Waals surface area contributed by atoms with Gasteiger partial charge in [-0.25, -0.2) is 0 Å². The number of hydrogen-bond donors (Lipinski definition) is 0. The molecule has 0 unspecified atom stereocenters. The van der Waals surface area contributed by atoms with Crippen molar-refractivity contribution in [3.63, 3.8) is 0 Å². The van der Waals surface area contributed by atoms with E-state index in [9.17, 15) is 10.1 Å². The van der Waals surface area contributed by atoms with E-state index < -0.39 is 0 Å². The predicted octanol–water partition coefficient (Wildman–Crippen LogP) is 3.79. The van der Waals surface area contributed by atoms with Gasteiger partial charge in [-0.3, -0.25) is 15.1 Å². The Balaban J connectivity index is 1.38. The molecule has 0 radical (unpaired) electrons. The largest absolute Gasteiger partial charge is 0.366 e. The van der Waals surface area contributed by atoms with E-state index in [4.69, 9.17) is 4.52 Å². The van der Waals surface area contributed by atoms with Crippen LogP contribution < -0.4 is 4.90 Å². The standard InChI is InChI=1S/C19H19N5O3/c25-24(26)17-14-2-1-9-20-15(14)5-6-16(17)23-10-7-12(8-11-23)18-21-19(27-22-18)13-3-4-13/h1-2,5-6,9,12-13H,3-4,7-8,10-11H2. The molecule has 1 aliphatic carbocycles. The van der Waals surface area contributed by atoms with Gasteiger partial charge in [0.25, 0.3) is 0 Å². The Bertz CT molecular complexity index is 1010. The SMILES string of the molecule is O=[N+]([O-])c1c(N2CCC(c3noc(C4CC4)n3)CC2)ccc2ncccc12. The molecule has 2 aromatic heterocycles. The van der Waals surface area contributed by atoms with E-state index in [1.54, 1.807) is 18.3 Å². The molecule has 8 nitrogen and oxygen atoms in total. The zero-order valence-electron chi connectivity index (χ0n) is 14.7. The molecule has 1 saturated carbocycles. The molecule has 0 amide bonds. The molecule has 5 rings (SSSR count).